The van der Waals surface area contributed by atoms with Crippen LogP contribution >= 0.6 is 0 Å². The van der Waals surface area contributed by atoms with Crippen LogP contribution in [0.5, 0.6) is 0 Å². The van der Waals surface area contributed by atoms with Gasteiger partial charge in [0.25, 0.3) is 0 Å². The second kappa shape index (κ2) is 8.60. The molecule has 0 spiro atoms. The van der Waals surface area contributed by atoms with Gasteiger partial charge < -0.3 is 15.0 Å². The first-order valence-electron chi connectivity index (χ1n) is 9.10. The van der Waals surface area contributed by atoms with Crippen LogP contribution in [0, 0.1) is 0 Å². The van der Waals surface area contributed by atoms with Crippen LogP contribution in [-0.4, -0.2) is 67.2 Å². The van der Waals surface area contributed by atoms with Gasteiger partial charge in [-0.3, -0.25) is 9.69 Å². The van der Waals surface area contributed by atoms with Crippen LogP contribution < -0.4 is 5.32 Å². The molecule has 0 bridgehead atoms. The first kappa shape index (κ1) is 17.4. The van der Waals surface area contributed by atoms with Crippen LogP contribution in [0.15, 0.2) is 30.3 Å². The van der Waals surface area contributed by atoms with E-state index < -0.39 is 0 Å². The number of amides is 1. The molecule has 3 rings (SSSR count). The first-order valence-corrected chi connectivity index (χ1v) is 9.10. The van der Waals surface area contributed by atoms with Crippen molar-refractivity contribution < 1.29 is 9.53 Å². The number of carbonyl (C=O) groups is 1. The number of rotatable bonds is 6. The molecule has 132 valence electrons. The summed E-state index contributed by atoms with van der Waals surface area (Å²) in [7, 11) is 0. The van der Waals surface area contributed by atoms with E-state index in [1.165, 1.54) is 5.56 Å². The highest BCUT2D eigenvalue weighted by Gasteiger charge is 2.27. The third kappa shape index (κ3) is 4.79. The summed E-state index contributed by atoms with van der Waals surface area (Å²) in [5.74, 6) is 0.208. The number of hydrogen-bond donors (Lipinski definition) is 1. The minimum atomic E-state index is 0.208. The molecule has 2 aliphatic rings. The normalized spacial score (nSPS) is 25.1. The minimum absolute atomic E-state index is 0.208. The summed E-state index contributed by atoms with van der Waals surface area (Å²) in [6, 6.07) is 10.8. The zero-order valence-corrected chi connectivity index (χ0v) is 14.6. The molecule has 5 heteroatoms. The van der Waals surface area contributed by atoms with Gasteiger partial charge in [0.1, 0.15) is 0 Å². The molecular formula is C19H29N3O2. The molecular weight excluding hydrogens is 302 g/mol. The molecule has 2 atom stereocenters. The van der Waals surface area contributed by atoms with Crippen molar-refractivity contribution in [3.05, 3.63) is 35.9 Å². The fourth-order valence-electron chi connectivity index (χ4n) is 3.64. The molecule has 2 aliphatic heterocycles. The number of piperazine rings is 1. The summed E-state index contributed by atoms with van der Waals surface area (Å²) in [5.41, 5.74) is 1.34. The SMILES string of the molecule is C[C@@H]1CN(Cc2ccccc2)CCN1C(=O)CNC[C@H]1CCCO1. The zero-order valence-electron chi connectivity index (χ0n) is 14.6. The third-order valence-electron chi connectivity index (χ3n) is 4.95. The topological polar surface area (TPSA) is 44.8 Å². The maximum absolute atomic E-state index is 12.5. The second-order valence-electron chi connectivity index (χ2n) is 6.92. The number of ether oxygens (including phenoxy) is 1. The maximum Gasteiger partial charge on any atom is 0.236 e. The summed E-state index contributed by atoms with van der Waals surface area (Å²) < 4.78 is 5.58. The van der Waals surface area contributed by atoms with E-state index in [1.807, 2.05) is 11.0 Å². The smallest absolute Gasteiger partial charge is 0.236 e. The van der Waals surface area contributed by atoms with Gasteiger partial charge in [0.05, 0.1) is 12.6 Å². The number of hydrogen-bond acceptors (Lipinski definition) is 4. The average molecular weight is 331 g/mol. The van der Waals surface area contributed by atoms with Gasteiger partial charge >= 0.3 is 0 Å². The van der Waals surface area contributed by atoms with E-state index >= 15 is 0 Å². The Labute approximate surface area is 145 Å². The van der Waals surface area contributed by atoms with E-state index in [0.29, 0.717) is 6.54 Å². The van der Waals surface area contributed by atoms with E-state index in [-0.39, 0.29) is 18.1 Å². The molecule has 0 unspecified atom stereocenters. The number of nitrogens with zero attached hydrogens (tertiary/aromatic N) is 2. The molecule has 24 heavy (non-hydrogen) atoms. The van der Waals surface area contributed by atoms with Crippen molar-refractivity contribution in [1.82, 2.24) is 15.1 Å². The van der Waals surface area contributed by atoms with Gasteiger partial charge in [-0.05, 0) is 25.3 Å². The van der Waals surface area contributed by atoms with Gasteiger partial charge in [-0.15, -0.1) is 0 Å². The van der Waals surface area contributed by atoms with Crippen molar-refractivity contribution in [3.8, 4) is 0 Å². The number of nitrogens with one attached hydrogen (secondary N) is 1. The van der Waals surface area contributed by atoms with Gasteiger partial charge in [-0.2, -0.15) is 0 Å². The average Bonchev–Trinajstić information content (AvgIpc) is 3.09. The quantitative estimate of drug-likeness (QED) is 0.858. The largest absolute Gasteiger partial charge is 0.377 e. The molecule has 0 aromatic heterocycles. The second-order valence-corrected chi connectivity index (χ2v) is 6.92. The zero-order chi connectivity index (χ0) is 16.8. The summed E-state index contributed by atoms with van der Waals surface area (Å²) in [5, 5.41) is 3.27. The Morgan fingerprint density at radius 1 is 1.29 bits per heavy atom. The molecule has 1 N–H and O–H groups in total. The molecule has 1 amide bonds. The molecule has 1 aromatic rings. The Morgan fingerprint density at radius 2 is 2.12 bits per heavy atom. The molecule has 5 nitrogen and oxygen atoms in total. The Morgan fingerprint density at radius 3 is 2.83 bits per heavy atom. The van der Waals surface area contributed by atoms with E-state index in [1.54, 1.807) is 0 Å². The predicted octanol–water partition coefficient (Wildman–Crippen LogP) is 1.49. The predicted molar refractivity (Wildman–Crippen MR) is 94.7 cm³/mol. The molecule has 2 saturated heterocycles. The van der Waals surface area contributed by atoms with Gasteiger partial charge in [-0.1, -0.05) is 30.3 Å². The Kier molecular flexibility index (Phi) is 6.24. The van der Waals surface area contributed by atoms with Gasteiger partial charge in [0, 0.05) is 45.4 Å². The van der Waals surface area contributed by atoms with Crippen molar-refractivity contribution in [2.75, 3.05) is 39.3 Å². The number of benzene rings is 1. The summed E-state index contributed by atoms with van der Waals surface area (Å²) >= 11 is 0. The van der Waals surface area contributed by atoms with Crippen LogP contribution in [0.2, 0.25) is 0 Å². The van der Waals surface area contributed by atoms with Crippen molar-refractivity contribution >= 4 is 5.91 Å². The highest BCUT2D eigenvalue weighted by Crippen LogP contribution is 2.14. The Hall–Kier alpha value is -1.43. The lowest BCUT2D eigenvalue weighted by Crippen LogP contribution is -2.55. The van der Waals surface area contributed by atoms with Crippen LogP contribution in [0.4, 0.5) is 0 Å². The first-order chi connectivity index (χ1) is 11.7. The van der Waals surface area contributed by atoms with Crippen LogP contribution in [-0.2, 0) is 16.1 Å². The lowest BCUT2D eigenvalue weighted by molar-refractivity contribution is -0.134. The molecule has 0 aliphatic carbocycles. The summed E-state index contributed by atoms with van der Waals surface area (Å²) in [6.45, 7) is 7.87. The van der Waals surface area contributed by atoms with Crippen LogP contribution in [0.3, 0.4) is 0 Å². The lowest BCUT2D eigenvalue weighted by atomic mass is 10.1. The van der Waals surface area contributed by atoms with Crippen LogP contribution in [0.25, 0.3) is 0 Å². The Balaban J connectivity index is 1.40. The maximum atomic E-state index is 12.5. The molecule has 0 saturated carbocycles. The van der Waals surface area contributed by atoms with E-state index in [0.717, 1.165) is 52.2 Å². The monoisotopic (exact) mass is 331 g/mol. The van der Waals surface area contributed by atoms with Crippen molar-refractivity contribution in [3.63, 3.8) is 0 Å². The van der Waals surface area contributed by atoms with Crippen molar-refractivity contribution in [2.45, 2.75) is 38.5 Å². The van der Waals surface area contributed by atoms with Gasteiger partial charge in [-0.25, -0.2) is 0 Å². The van der Waals surface area contributed by atoms with E-state index in [2.05, 4.69) is 41.4 Å². The van der Waals surface area contributed by atoms with Gasteiger partial charge in [0.2, 0.25) is 5.91 Å². The van der Waals surface area contributed by atoms with Crippen molar-refractivity contribution in [1.29, 1.82) is 0 Å². The molecule has 2 heterocycles. The van der Waals surface area contributed by atoms with E-state index in [4.69, 9.17) is 4.74 Å². The molecule has 0 radical (unpaired) electrons. The molecule has 2 fully saturated rings. The number of carbonyl (C=O) groups excluding carboxylic acids is 1. The highest BCUT2D eigenvalue weighted by atomic mass is 16.5. The standard InChI is InChI=1S/C19H29N3O2/c1-16-14-21(15-17-6-3-2-4-7-17)9-10-22(16)19(23)13-20-12-18-8-5-11-24-18/h2-4,6-7,16,18,20H,5,8-15H2,1H3/t16-,18-/m1/s1. The third-order valence-corrected chi connectivity index (χ3v) is 4.95. The molecule has 1 aromatic carbocycles. The van der Waals surface area contributed by atoms with Gasteiger partial charge in [0.15, 0.2) is 0 Å². The van der Waals surface area contributed by atoms with E-state index in [9.17, 15) is 4.79 Å². The fraction of sp³-hybridized carbons (Fsp3) is 0.632. The lowest BCUT2D eigenvalue weighted by Gasteiger charge is -2.40. The Bertz CT molecular complexity index is 517. The highest BCUT2D eigenvalue weighted by molar-refractivity contribution is 5.78. The minimum Gasteiger partial charge on any atom is -0.377 e. The van der Waals surface area contributed by atoms with Crippen LogP contribution in [0.1, 0.15) is 25.3 Å². The van der Waals surface area contributed by atoms with Crippen molar-refractivity contribution in [2.24, 2.45) is 0 Å². The summed E-state index contributed by atoms with van der Waals surface area (Å²) in [6.07, 6.45) is 2.54. The summed E-state index contributed by atoms with van der Waals surface area (Å²) in [4.78, 5) is 16.9. The fourth-order valence-corrected chi connectivity index (χ4v) is 3.64.